The Morgan fingerprint density at radius 1 is 0.636 bits per heavy atom. The van der Waals surface area contributed by atoms with Gasteiger partial charge in [-0.3, -0.25) is 4.79 Å². The first-order valence-electron chi connectivity index (χ1n) is 10.3. The van der Waals surface area contributed by atoms with Gasteiger partial charge < -0.3 is 14.9 Å². The molecule has 0 saturated heterocycles. The van der Waals surface area contributed by atoms with Crippen molar-refractivity contribution in [1.82, 2.24) is 0 Å². The molecule has 0 aromatic heterocycles. The topological polar surface area (TPSA) is 66.8 Å². The molecule has 0 spiro atoms. The van der Waals surface area contributed by atoms with Crippen LogP contribution < -0.4 is 0 Å². The maximum Gasteiger partial charge on any atom is 0.303 e. The second-order valence-electron chi connectivity index (χ2n) is 7.26. The summed E-state index contributed by atoms with van der Waals surface area (Å²) in [7, 11) is 0. The van der Waals surface area contributed by atoms with E-state index in [1.807, 2.05) is 0 Å². The average molecular weight is 463 g/mol. The molecular weight excluding hydrogens is 433 g/mol. The Labute approximate surface area is 192 Å². The van der Waals surface area contributed by atoms with Gasteiger partial charge in [-0.2, -0.15) is 0 Å². The lowest BCUT2D eigenvalue weighted by atomic mass is 10.1. The molecule has 3 rings (SSSR count). The van der Waals surface area contributed by atoms with E-state index in [4.69, 9.17) is 14.9 Å². The van der Waals surface area contributed by atoms with Crippen molar-refractivity contribution in [3.8, 4) is 0 Å². The van der Waals surface area contributed by atoms with Gasteiger partial charge in [-0.15, -0.1) is 0 Å². The Morgan fingerprint density at radius 3 is 1.15 bits per heavy atom. The molecule has 0 heterocycles. The number of rotatable bonds is 4. The third-order valence-electron chi connectivity index (χ3n) is 4.39. The SMILES string of the molecule is CC(=O)O[C@H](C)c1ccc(F)cc1.CC(O)c1ccc(F)cc1.C[C@H](O)c1ccc(F)cc1. The largest absolute Gasteiger partial charge is 0.458 e. The molecule has 33 heavy (non-hydrogen) atoms. The van der Waals surface area contributed by atoms with E-state index in [1.165, 1.54) is 43.3 Å². The van der Waals surface area contributed by atoms with Crippen LogP contribution in [0.4, 0.5) is 13.2 Å². The highest BCUT2D eigenvalue weighted by atomic mass is 19.1. The number of benzene rings is 3. The molecule has 4 nitrogen and oxygen atoms in total. The summed E-state index contributed by atoms with van der Waals surface area (Å²) >= 11 is 0. The molecule has 0 saturated carbocycles. The summed E-state index contributed by atoms with van der Waals surface area (Å²) in [6.45, 7) is 6.38. The van der Waals surface area contributed by atoms with Gasteiger partial charge in [0.1, 0.15) is 23.6 Å². The highest BCUT2D eigenvalue weighted by molar-refractivity contribution is 5.66. The van der Waals surface area contributed by atoms with E-state index in [0.29, 0.717) is 0 Å². The van der Waals surface area contributed by atoms with Gasteiger partial charge in [-0.25, -0.2) is 13.2 Å². The molecule has 2 N–H and O–H groups in total. The standard InChI is InChI=1S/C10H11FO2.2C8H9FO/c1-7(13-8(2)12)9-3-5-10(11)6-4-9;2*1-6(10)7-2-4-8(9)5-3-7/h3-7H,1-2H3;2*2-6,10H,1H3/t7-;6-;/m10./s1. The molecule has 0 fully saturated rings. The van der Waals surface area contributed by atoms with Gasteiger partial charge in [0.15, 0.2) is 0 Å². The van der Waals surface area contributed by atoms with Gasteiger partial charge in [0.05, 0.1) is 12.2 Å². The quantitative estimate of drug-likeness (QED) is 0.453. The lowest BCUT2D eigenvalue weighted by molar-refractivity contribution is -0.145. The number of halogens is 3. The van der Waals surface area contributed by atoms with Gasteiger partial charge in [0.25, 0.3) is 0 Å². The highest BCUT2D eigenvalue weighted by Crippen LogP contribution is 2.16. The second kappa shape index (κ2) is 14.1. The molecule has 1 unspecified atom stereocenters. The number of hydrogen-bond acceptors (Lipinski definition) is 4. The zero-order chi connectivity index (χ0) is 25.0. The third kappa shape index (κ3) is 11.3. The van der Waals surface area contributed by atoms with Crippen LogP contribution >= 0.6 is 0 Å². The van der Waals surface area contributed by atoms with Gasteiger partial charge >= 0.3 is 5.97 Å². The Kier molecular flexibility index (Phi) is 11.9. The molecule has 3 atom stereocenters. The van der Waals surface area contributed by atoms with E-state index in [1.54, 1.807) is 57.2 Å². The molecule has 3 aromatic rings. The molecule has 3 aromatic carbocycles. The molecule has 178 valence electrons. The average Bonchev–Trinajstić information content (AvgIpc) is 2.75. The van der Waals surface area contributed by atoms with E-state index in [-0.39, 0.29) is 29.5 Å². The van der Waals surface area contributed by atoms with Crippen molar-refractivity contribution in [3.05, 3.63) is 107 Å². The monoisotopic (exact) mass is 462 g/mol. The minimum Gasteiger partial charge on any atom is -0.458 e. The summed E-state index contributed by atoms with van der Waals surface area (Å²) in [6, 6.07) is 17.5. The maximum absolute atomic E-state index is 12.5. The summed E-state index contributed by atoms with van der Waals surface area (Å²) in [5.74, 6) is -1.18. The second-order valence-corrected chi connectivity index (χ2v) is 7.26. The van der Waals surface area contributed by atoms with Crippen LogP contribution in [-0.2, 0) is 9.53 Å². The summed E-state index contributed by atoms with van der Waals surface area (Å²) in [5, 5.41) is 18.0. The smallest absolute Gasteiger partial charge is 0.303 e. The van der Waals surface area contributed by atoms with Crippen LogP contribution in [0.5, 0.6) is 0 Å². The summed E-state index contributed by atoms with van der Waals surface area (Å²) < 4.78 is 42.0. The van der Waals surface area contributed by atoms with Crippen LogP contribution in [0, 0.1) is 17.5 Å². The zero-order valence-corrected chi connectivity index (χ0v) is 19.0. The van der Waals surface area contributed by atoms with Gasteiger partial charge in [-0.05, 0) is 73.9 Å². The number of esters is 1. The molecule has 0 aliphatic heterocycles. The van der Waals surface area contributed by atoms with Crippen molar-refractivity contribution in [1.29, 1.82) is 0 Å². The van der Waals surface area contributed by atoms with E-state index in [2.05, 4.69) is 0 Å². The van der Waals surface area contributed by atoms with Gasteiger partial charge in [-0.1, -0.05) is 36.4 Å². The Hall–Kier alpha value is -3.16. The highest BCUT2D eigenvalue weighted by Gasteiger charge is 2.07. The number of aliphatic hydroxyl groups excluding tert-OH is 2. The van der Waals surface area contributed by atoms with E-state index >= 15 is 0 Å². The first-order chi connectivity index (χ1) is 15.5. The first-order valence-corrected chi connectivity index (χ1v) is 10.3. The Bertz CT molecular complexity index is 905. The molecule has 0 bridgehead atoms. The van der Waals surface area contributed by atoms with Gasteiger partial charge in [0.2, 0.25) is 0 Å². The lowest BCUT2D eigenvalue weighted by Crippen LogP contribution is -2.04. The van der Waals surface area contributed by atoms with Crippen molar-refractivity contribution >= 4 is 5.97 Å². The van der Waals surface area contributed by atoms with Crippen molar-refractivity contribution in [2.75, 3.05) is 0 Å². The van der Waals surface area contributed by atoms with Crippen LogP contribution in [0.15, 0.2) is 72.8 Å². The van der Waals surface area contributed by atoms with Crippen molar-refractivity contribution in [3.63, 3.8) is 0 Å². The number of hydrogen-bond donors (Lipinski definition) is 2. The molecule has 7 heteroatoms. The lowest BCUT2D eigenvalue weighted by Gasteiger charge is -2.11. The minimum atomic E-state index is -0.513. The number of ether oxygens (including phenoxy) is 1. The van der Waals surface area contributed by atoms with Crippen LogP contribution in [-0.4, -0.2) is 16.2 Å². The number of carbonyl (C=O) groups excluding carboxylic acids is 1. The summed E-state index contributed by atoms with van der Waals surface area (Å²) in [6.07, 6.45) is -1.35. The molecule has 0 aliphatic rings. The van der Waals surface area contributed by atoms with E-state index in [9.17, 15) is 18.0 Å². The summed E-state index contributed by atoms with van der Waals surface area (Å²) in [5.41, 5.74) is 2.26. The van der Waals surface area contributed by atoms with Crippen LogP contribution in [0.2, 0.25) is 0 Å². The van der Waals surface area contributed by atoms with Gasteiger partial charge in [0, 0.05) is 6.92 Å². The third-order valence-corrected chi connectivity index (χ3v) is 4.39. The number of carbonyl (C=O) groups is 1. The van der Waals surface area contributed by atoms with Crippen molar-refractivity contribution < 1.29 is 32.9 Å². The normalized spacial score (nSPS) is 12.8. The fourth-order valence-electron chi connectivity index (χ4n) is 2.53. The molecular formula is C26H29F3O4. The predicted molar refractivity (Wildman–Crippen MR) is 121 cm³/mol. The van der Waals surface area contributed by atoms with E-state index in [0.717, 1.165) is 16.7 Å². The van der Waals surface area contributed by atoms with Crippen LogP contribution in [0.1, 0.15) is 62.7 Å². The van der Waals surface area contributed by atoms with Crippen molar-refractivity contribution in [2.24, 2.45) is 0 Å². The van der Waals surface area contributed by atoms with Crippen LogP contribution in [0.25, 0.3) is 0 Å². The van der Waals surface area contributed by atoms with Crippen molar-refractivity contribution in [2.45, 2.75) is 46.0 Å². The Morgan fingerprint density at radius 2 is 0.909 bits per heavy atom. The first kappa shape index (κ1) is 27.9. The molecule has 0 radical (unpaired) electrons. The van der Waals surface area contributed by atoms with E-state index < -0.39 is 12.2 Å². The maximum atomic E-state index is 12.5. The summed E-state index contributed by atoms with van der Waals surface area (Å²) in [4.78, 5) is 10.6. The fraction of sp³-hybridized carbons (Fsp3) is 0.269. The van der Waals surface area contributed by atoms with Crippen LogP contribution in [0.3, 0.4) is 0 Å². The fourth-order valence-corrected chi connectivity index (χ4v) is 2.53. The molecule has 0 aliphatic carbocycles. The molecule has 0 amide bonds. The number of aliphatic hydroxyl groups is 2. The Balaban J connectivity index is 0.000000251. The zero-order valence-electron chi connectivity index (χ0n) is 19.0. The minimum absolute atomic E-state index is 0.274. The predicted octanol–water partition coefficient (Wildman–Crippen LogP) is 6.21.